The molecule has 1 atom stereocenters. The Morgan fingerprint density at radius 1 is 1.50 bits per heavy atom. The van der Waals surface area contributed by atoms with Gasteiger partial charge in [0.1, 0.15) is 12.4 Å². The van der Waals surface area contributed by atoms with Crippen LogP contribution >= 0.6 is 15.9 Å². The summed E-state index contributed by atoms with van der Waals surface area (Å²) in [5.41, 5.74) is 2.02. The number of aliphatic hydroxyl groups excluding tert-OH is 1. The molecule has 0 amide bonds. The summed E-state index contributed by atoms with van der Waals surface area (Å²) in [4.78, 5) is 0. The van der Waals surface area contributed by atoms with Gasteiger partial charge in [0.05, 0.1) is 6.10 Å². The lowest BCUT2D eigenvalue weighted by Crippen LogP contribution is -2.00. The molecule has 0 bridgehead atoms. The summed E-state index contributed by atoms with van der Waals surface area (Å²) >= 11 is 3.38. The van der Waals surface area contributed by atoms with Crippen LogP contribution in [0.2, 0.25) is 0 Å². The normalized spacial score (nSPS) is 12.1. The number of hydrogen-bond acceptors (Lipinski definition) is 2. The van der Waals surface area contributed by atoms with Gasteiger partial charge >= 0.3 is 0 Å². The van der Waals surface area contributed by atoms with Crippen molar-refractivity contribution in [3.05, 3.63) is 39.9 Å². The molecule has 2 nitrogen and oxygen atoms in total. The number of allylic oxidation sites excluding steroid dienone is 1. The third-order valence-corrected chi connectivity index (χ3v) is 2.65. The second kappa shape index (κ2) is 6.06. The molecule has 0 aromatic heterocycles. The first-order chi connectivity index (χ1) is 7.50. The van der Waals surface area contributed by atoms with E-state index in [1.54, 1.807) is 6.92 Å². The van der Waals surface area contributed by atoms with Gasteiger partial charge in [0.2, 0.25) is 0 Å². The van der Waals surface area contributed by atoms with Crippen LogP contribution in [-0.4, -0.2) is 11.7 Å². The monoisotopic (exact) mass is 284 g/mol. The average Bonchev–Trinajstić information content (AvgIpc) is 2.19. The van der Waals surface area contributed by atoms with Crippen molar-refractivity contribution in [2.45, 2.75) is 26.9 Å². The first-order valence-electron chi connectivity index (χ1n) is 5.24. The van der Waals surface area contributed by atoms with Crippen molar-refractivity contribution >= 4 is 15.9 Å². The van der Waals surface area contributed by atoms with Crippen molar-refractivity contribution in [3.8, 4) is 5.75 Å². The third-order valence-electron chi connectivity index (χ3n) is 2.15. The SMILES string of the molecule is CC(C)=CCOc1ccc(Br)cc1[C@H](C)O. The first kappa shape index (κ1) is 13.3. The van der Waals surface area contributed by atoms with Crippen LogP contribution in [0.3, 0.4) is 0 Å². The van der Waals surface area contributed by atoms with E-state index < -0.39 is 6.10 Å². The molecular weight excluding hydrogens is 268 g/mol. The van der Waals surface area contributed by atoms with Crippen molar-refractivity contribution in [3.63, 3.8) is 0 Å². The Hall–Kier alpha value is -0.800. The molecule has 16 heavy (non-hydrogen) atoms. The Bertz CT molecular complexity index is 380. The summed E-state index contributed by atoms with van der Waals surface area (Å²) in [6.45, 7) is 6.32. The fourth-order valence-electron chi connectivity index (χ4n) is 1.28. The van der Waals surface area contributed by atoms with E-state index in [0.717, 1.165) is 15.8 Å². The fourth-order valence-corrected chi connectivity index (χ4v) is 1.65. The molecule has 0 aliphatic rings. The lowest BCUT2D eigenvalue weighted by Gasteiger charge is -2.12. The van der Waals surface area contributed by atoms with Crippen LogP contribution in [0, 0.1) is 0 Å². The Labute approximate surface area is 105 Å². The lowest BCUT2D eigenvalue weighted by atomic mass is 10.1. The second-order valence-corrected chi connectivity index (χ2v) is 4.87. The highest BCUT2D eigenvalue weighted by atomic mass is 79.9. The van der Waals surface area contributed by atoms with Gasteiger partial charge in [-0.2, -0.15) is 0 Å². The van der Waals surface area contributed by atoms with Crippen LogP contribution in [0.1, 0.15) is 32.4 Å². The molecule has 1 rings (SSSR count). The molecule has 1 aromatic rings. The van der Waals surface area contributed by atoms with Gasteiger partial charge in [-0.05, 0) is 45.0 Å². The maximum absolute atomic E-state index is 9.62. The Morgan fingerprint density at radius 2 is 2.19 bits per heavy atom. The van der Waals surface area contributed by atoms with E-state index >= 15 is 0 Å². The number of benzene rings is 1. The van der Waals surface area contributed by atoms with Crippen LogP contribution in [0.15, 0.2) is 34.3 Å². The Balaban J connectivity index is 2.82. The summed E-state index contributed by atoms with van der Waals surface area (Å²) in [6.07, 6.45) is 1.48. The first-order valence-corrected chi connectivity index (χ1v) is 6.03. The van der Waals surface area contributed by atoms with Gasteiger partial charge in [-0.1, -0.05) is 21.5 Å². The predicted molar refractivity (Wildman–Crippen MR) is 69.7 cm³/mol. The minimum absolute atomic E-state index is 0.529. The number of rotatable bonds is 4. The van der Waals surface area contributed by atoms with Crippen molar-refractivity contribution < 1.29 is 9.84 Å². The smallest absolute Gasteiger partial charge is 0.125 e. The molecule has 0 unspecified atom stereocenters. The molecule has 0 heterocycles. The van der Waals surface area contributed by atoms with Gasteiger partial charge in [-0.25, -0.2) is 0 Å². The summed E-state index contributed by atoms with van der Waals surface area (Å²) < 4.78 is 6.55. The van der Waals surface area contributed by atoms with E-state index in [1.807, 2.05) is 38.1 Å². The van der Waals surface area contributed by atoms with Gasteiger partial charge in [0.25, 0.3) is 0 Å². The average molecular weight is 285 g/mol. The molecule has 0 radical (unpaired) electrons. The molecule has 1 aromatic carbocycles. The molecule has 0 spiro atoms. The van der Waals surface area contributed by atoms with Crippen LogP contribution < -0.4 is 4.74 Å². The van der Waals surface area contributed by atoms with Crippen molar-refractivity contribution in [2.75, 3.05) is 6.61 Å². The van der Waals surface area contributed by atoms with Gasteiger partial charge in [0, 0.05) is 10.0 Å². The largest absolute Gasteiger partial charge is 0.489 e. The maximum Gasteiger partial charge on any atom is 0.125 e. The molecule has 0 fully saturated rings. The maximum atomic E-state index is 9.62. The van der Waals surface area contributed by atoms with Crippen molar-refractivity contribution in [2.24, 2.45) is 0 Å². The minimum Gasteiger partial charge on any atom is -0.489 e. The molecule has 1 N–H and O–H groups in total. The van der Waals surface area contributed by atoms with E-state index in [2.05, 4.69) is 15.9 Å². The standard InChI is InChI=1S/C13H17BrO2/c1-9(2)6-7-16-13-5-4-11(14)8-12(13)10(3)15/h4-6,8,10,15H,7H2,1-3H3/t10-/m0/s1. The summed E-state index contributed by atoms with van der Waals surface area (Å²) in [7, 11) is 0. The van der Waals surface area contributed by atoms with Gasteiger partial charge in [-0.15, -0.1) is 0 Å². The van der Waals surface area contributed by atoms with E-state index in [1.165, 1.54) is 5.57 Å². The zero-order valence-electron chi connectivity index (χ0n) is 9.83. The molecule has 0 aliphatic heterocycles. The van der Waals surface area contributed by atoms with Crippen LogP contribution in [-0.2, 0) is 0 Å². The van der Waals surface area contributed by atoms with Gasteiger partial charge in [0.15, 0.2) is 0 Å². The second-order valence-electron chi connectivity index (χ2n) is 3.95. The summed E-state index contributed by atoms with van der Waals surface area (Å²) in [5, 5.41) is 9.62. The predicted octanol–water partition coefficient (Wildman–Crippen LogP) is 3.85. The zero-order chi connectivity index (χ0) is 12.1. The zero-order valence-corrected chi connectivity index (χ0v) is 11.4. The number of halogens is 1. The molecule has 0 aliphatic carbocycles. The Morgan fingerprint density at radius 3 is 2.75 bits per heavy atom. The van der Waals surface area contributed by atoms with E-state index in [-0.39, 0.29) is 0 Å². The number of aliphatic hydroxyl groups is 1. The van der Waals surface area contributed by atoms with E-state index in [9.17, 15) is 5.11 Å². The van der Waals surface area contributed by atoms with Crippen molar-refractivity contribution in [1.82, 2.24) is 0 Å². The Kier molecular flexibility index (Phi) is 5.03. The molecule has 3 heteroatoms. The molecule has 88 valence electrons. The third kappa shape index (κ3) is 3.99. The van der Waals surface area contributed by atoms with Gasteiger partial charge in [-0.3, -0.25) is 0 Å². The van der Waals surface area contributed by atoms with Crippen LogP contribution in [0.5, 0.6) is 5.75 Å². The molecule has 0 saturated heterocycles. The summed E-state index contributed by atoms with van der Waals surface area (Å²) in [6, 6.07) is 5.65. The van der Waals surface area contributed by atoms with Crippen LogP contribution in [0.25, 0.3) is 0 Å². The summed E-state index contributed by atoms with van der Waals surface area (Å²) in [5.74, 6) is 0.732. The van der Waals surface area contributed by atoms with Crippen LogP contribution in [0.4, 0.5) is 0 Å². The number of hydrogen-bond donors (Lipinski definition) is 1. The topological polar surface area (TPSA) is 29.5 Å². The van der Waals surface area contributed by atoms with Crippen molar-refractivity contribution in [1.29, 1.82) is 0 Å². The fraction of sp³-hybridized carbons (Fsp3) is 0.385. The highest BCUT2D eigenvalue weighted by Gasteiger charge is 2.09. The van der Waals surface area contributed by atoms with E-state index in [4.69, 9.17) is 4.74 Å². The molecular formula is C13H17BrO2. The molecule has 0 saturated carbocycles. The quantitative estimate of drug-likeness (QED) is 0.851. The minimum atomic E-state index is -0.529. The lowest BCUT2D eigenvalue weighted by molar-refractivity contribution is 0.193. The highest BCUT2D eigenvalue weighted by molar-refractivity contribution is 9.10. The van der Waals surface area contributed by atoms with Gasteiger partial charge < -0.3 is 9.84 Å². The number of ether oxygens (including phenoxy) is 1. The highest BCUT2D eigenvalue weighted by Crippen LogP contribution is 2.28. The van der Waals surface area contributed by atoms with E-state index in [0.29, 0.717) is 6.61 Å².